The van der Waals surface area contributed by atoms with E-state index in [0.29, 0.717) is 0 Å². The molecule has 3 heteroatoms. The van der Waals surface area contributed by atoms with E-state index in [0.717, 1.165) is 11.3 Å². The van der Waals surface area contributed by atoms with Crippen LogP contribution in [0.3, 0.4) is 0 Å². The molecule has 0 bridgehead atoms. The maximum absolute atomic E-state index is 4.49. The second-order valence-electron chi connectivity index (χ2n) is 3.84. The molecule has 0 aliphatic rings. The minimum atomic E-state index is 0.184. The van der Waals surface area contributed by atoms with Crippen LogP contribution in [0.25, 0.3) is 0 Å². The number of allylic oxidation sites excluding steroid dienone is 4. The molecule has 0 nitrogen and oxygen atoms in total. The van der Waals surface area contributed by atoms with Gasteiger partial charge in [0.15, 0.2) is 0 Å². The van der Waals surface area contributed by atoms with E-state index in [1.54, 1.807) is 0 Å². The average molecular weight is 340 g/mol. The van der Waals surface area contributed by atoms with Crippen LogP contribution in [0.15, 0.2) is 24.3 Å². The summed E-state index contributed by atoms with van der Waals surface area (Å²) in [7, 11) is 4.67. The Balaban J connectivity index is 0. The molecule has 0 heterocycles. The Bertz CT molecular complexity index is 168. The molecule has 0 N–H and O–H groups in total. The summed E-state index contributed by atoms with van der Waals surface area (Å²) in [5.41, 5.74) is 1.70. The molecule has 0 aromatic heterocycles. The third-order valence-electron chi connectivity index (χ3n) is 2.08. The van der Waals surface area contributed by atoms with Crippen LogP contribution in [-0.4, -0.2) is 17.5 Å². The van der Waals surface area contributed by atoms with Crippen LogP contribution in [0.5, 0.6) is 0 Å². The molecule has 0 saturated heterocycles. The maximum atomic E-state index is 4.49. The topological polar surface area (TPSA) is 0 Å². The second kappa shape index (κ2) is 12.9. The Hall–Kier alpha value is 0.862. The summed E-state index contributed by atoms with van der Waals surface area (Å²) in [6, 6.07) is 0. The van der Waals surface area contributed by atoms with E-state index >= 15 is 0 Å². The molecule has 0 spiro atoms. The molecule has 0 aliphatic heterocycles. The zero-order valence-corrected chi connectivity index (χ0v) is 13.5. The first-order chi connectivity index (χ1) is 7.09. The molecule has 0 radical (unpaired) electrons. The van der Waals surface area contributed by atoms with Gasteiger partial charge in [-0.3, -0.25) is 0 Å². The molecule has 0 aromatic rings. The molecular formula is C12H23ClPPd. The van der Waals surface area contributed by atoms with Crippen molar-refractivity contribution in [3.63, 3.8) is 0 Å². The van der Waals surface area contributed by atoms with Crippen molar-refractivity contribution in [2.75, 3.05) is 6.16 Å². The van der Waals surface area contributed by atoms with Crippen molar-refractivity contribution in [3.8, 4) is 0 Å². The first-order valence-electron chi connectivity index (χ1n) is 5.25. The zero-order valence-electron chi connectivity index (χ0n) is 10.3. The van der Waals surface area contributed by atoms with Gasteiger partial charge in [0.25, 0.3) is 0 Å². The summed E-state index contributed by atoms with van der Waals surface area (Å²) in [5.74, 6) is 0. The van der Waals surface area contributed by atoms with Gasteiger partial charge in [-0.25, -0.2) is 0 Å². The number of hydrogen-bond acceptors (Lipinski definition) is 0. The summed E-state index contributed by atoms with van der Waals surface area (Å²) >= 11 is 2.22. The Kier molecular flexibility index (Phi) is 15.7. The van der Waals surface area contributed by atoms with Crippen LogP contribution in [0.1, 0.15) is 34.6 Å². The predicted molar refractivity (Wildman–Crippen MR) is 71.9 cm³/mol. The molecule has 0 fully saturated rings. The Morgan fingerprint density at radius 3 is 1.87 bits per heavy atom. The third kappa shape index (κ3) is 11.1. The SMILES string of the molecule is CC=CC=CCP(C(C)C)C(C)C.[Cl][Pd]. The van der Waals surface area contributed by atoms with Crippen molar-refractivity contribution in [1.82, 2.24) is 0 Å². The van der Waals surface area contributed by atoms with E-state index in [-0.39, 0.29) is 7.92 Å². The number of halogens is 1. The van der Waals surface area contributed by atoms with E-state index in [9.17, 15) is 0 Å². The fourth-order valence-electron chi connectivity index (χ4n) is 1.39. The van der Waals surface area contributed by atoms with Gasteiger partial charge in [-0.1, -0.05) is 59.9 Å². The van der Waals surface area contributed by atoms with Crippen LogP contribution in [0, 0.1) is 0 Å². The van der Waals surface area contributed by atoms with Gasteiger partial charge >= 0.3 is 27.7 Å². The fraction of sp³-hybridized carbons (Fsp3) is 0.667. The van der Waals surface area contributed by atoms with Crippen molar-refractivity contribution in [3.05, 3.63) is 24.3 Å². The van der Waals surface area contributed by atoms with Crippen LogP contribution in [0.2, 0.25) is 0 Å². The molecule has 0 atom stereocenters. The first-order valence-corrected chi connectivity index (χ1v) is 8.91. The molecule has 0 aliphatic carbocycles. The molecule has 0 unspecified atom stereocenters. The summed E-state index contributed by atoms with van der Waals surface area (Å²) in [5, 5.41) is 0. The van der Waals surface area contributed by atoms with Crippen molar-refractivity contribution >= 4 is 17.5 Å². The third-order valence-corrected chi connectivity index (χ3v) is 5.37. The summed E-state index contributed by atoms with van der Waals surface area (Å²) < 4.78 is 0. The number of rotatable bonds is 5. The minimum absolute atomic E-state index is 0.184. The van der Waals surface area contributed by atoms with Crippen molar-refractivity contribution in [2.45, 2.75) is 45.9 Å². The first kappa shape index (κ1) is 18.2. The molecular weight excluding hydrogens is 317 g/mol. The van der Waals surface area contributed by atoms with Gasteiger partial charge < -0.3 is 0 Å². The van der Waals surface area contributed by atoms with Gasteiger partial charge in [-0.2, -0.15) is 0 Å². The zero-order chi connectivity index (χ0) is 12.3. The summed E-state index contributed by atoms with van der Waals surface area (Å²) in [4.78, 5) is 0. The van der Waals surface area contributed by atoms with E-state index in [4.69, 9.17) is 0 Å². The van der Waals surface area contributed by atoms with Gasteiger partial charge in [0.2, 0.25) is 0 Å². The Labute approximate surface area is 112 Å². The summed E-state index contributed by atoms with van der Waals surface area (Å²) in [6.45, 7) is 11.4. The quantitative estimate of drug-likeness (QED) is 0.371. The normalized spacial score (nSPS) is 11.9. The van der Waals surface area contributed by atoms with Crippen molar-refractivity contribution < 1.29 is 18.2 Å². The van der Waals surface area contributed by atoms with Gasteiger partial charge in [0.05, 0.1) is 0 Å². The monoisotopic (exact) mass is 339 g/mol. The Morgan fingerprint density at radius 2 is 1.53 bits per heavy atom. The van der Waals surface area contributed by atoms with Crippen LogP contribution >= 0.6 is 17.5 Å². The van der Waals surface area contributed by atoms with Gasteiger partial charge in [-0.15, -0.1) is 0 Å². The Morgan fingerprint density at radius 1 is 1.07 bits per heavy atom. The molecule has 0 amide bonds. The van der Waals surface area contributed by atoms with Gasteiger partial charge in [0, 0.05) is 0 Å². The van der Waals surface area contributed by atoms with Crippen molar-refractivity contribution in [1.29, 1.82) is 0 Å². The average Bonchev–Trinajstić information content (AvgIpc) is 2.19. The van der Waals surface area contributed by atoms with E-state index in [1.165, 1.54) is 6.16 Å². The molecule has 15 heavy (non-hydrogen) atoms. The molecule has 0 saturated carbocycles. The van der Waals surface area contributed by atoms with Gasteiger partial charge in [0.1, 0.15) is 0 Å². The molecule has 0 rings (SSSR count). The predicted octanol–water partition coefficient (Wildman–Crippen LogP) is 5.10. The van der Waals surface area contributed by atoms with Gasteiger partial charge in [-0.05, 0) is 24.4 Å². The summed E-state index contributed by atoms with van der Waals surface area (Å²) in [6.07, 6.45) is 9.93. The van der Waals surface area contributed by atoms with Crippen LogP contribution in [-0.2, 0) is 18.2 Å². The van der Waals surface area contributed by atoms with E-state index in [2.05, 4.69) is 86.6 Å². The number of hydrogen-bond donors (Lipinski definition) is 0. The van der Waals surface area contributed by atoms with Crippen molar-refractivity contribution in [2.24, 2.45) is 0 Å². The van der Waals surface area contributed by atoms with E-state index in [1.807, 2.05) is 0 Å². The molecule has 93 valence electrons. The molecule has 0 aromatic carbocycles. The standard InChI is InChI=1S/C12H23P.ClH.Pd/c1-6-7-8-9-10-13(11(2)3)12(4)5;;/h6-9,11-12H,10H2,1-5H3;1H;/q;;+1/p-1. The van der Waals surface area contributed by atoms with E-state index < -0.39 is 0 Å². The fourth-order valence-corrected chi connectivity index (χ4v) is 3.79. The van der Waals surface area contributed by atoms with Crippen LogP contribution in [0.4, 0.5) is 0 Å². The van der Waals surface area contributed by atoms with Crippen LogP contribution < -0.4 is 0 Å². The second-order valence-corrected chi connectivity index (χ2v) is 7.30.